The van der Waals surface area contributed by atoms with Crippen LogP contribution in [0.2, 0.25) is 0 Å². The molecule has 0 fully saturated rings. The molecule has 0 saturated heterocycles. The van der Waals surface area contributed by atoms with Gasteiger partial charge in [0.25, 0.3) is 0 Å². The van der Waals surface area contributed by atoms with E-state index >= 15 is 0 Å². The van der Waals surface area contributed by atoms with Crippen molar-refractivity contribution in [3.63, 3.8) is 0 Å². The van der Waals surface area contributed by atoms with E-state index in [1.165, 1.54) is 5.56 Å². The maximum atomic E-state index is 12.3. The predicted octanol–water partition coefficient (Wildman–Crippen LogP) is 3.06. The summed E-state index contributed by atoms with van der Waals surface area (Å²) in [7, 11) is 0. The van der Waals surface area contributed by atoms with Gasteiger partial charge in [-0.3, -0.25) is 4.79 Å². The SMILES string of the molecule is Cc1ccc2[nH]cc(CC(=O)NCc3ccc4c(c3)OCO4)c2c1. The maximum absolute atomic E-state index is 12.3. The van der Waals surface area contributed by atoms with E-state index in [0.29, 0.717) is 13.0 Å². The number of rotatable bonds is 4. The van der Waals surface area contributed by atoms with Gasteiger partial charge < -0.3 is 19.8 Å². The van der Waals surface area contributed by atoms with Crippen LogP contribution in [0.15, 0.2) is 42.6 Å². The fourth-order valence-electron chi connectivity index (χ4n) is 2.93. The Morgan fingerprint density at radius 3 is 2.96 bits per heavy atom. The summed E-state index contributed by atoms with van der Waals surface area (Å²) in [6, 6.07) is 11.9. The molecule has 2 heterocycles. The second-order valence-electron chi connectivity index (χ2n) is 6.00. The Labute approximate surface area is 139 Å². The first-order valence-electron chi connectivity index (χ1n) is 7.91. The van der Waals surface area contributed by atoms with Crippen molar-refractivity contribution in [2.24, 2.45) is 0 Å². The van der Waals surface area contributed by atoms with Crippen LogP contribution in [0.25, 0.3) is 10.9 Å². The number of hydrogen-bond acceptors (Lipinski definition) is 3. The molecule has 1 aliphatic rings. The summed E-state index contributed by atoms with van der Waals surface area (Å²) in [6.07, 6.45) is 2.26. The molecule has 0 saturated carbocycles. The van der Waals surface area contributed by atoms with Gasteiger partial charge in [0.15, 0.2) is 11.5 Å². The summed E-state index contributed by atoms with van der Waals surface area (Å²) in [5, 5.41) is 4.06. The maximum Gasteiger partial charge on any atom is 0.231 e. The van der Waals surface area contributed by atoms with Crippen LogP contribution in [-0.4, -0.2) is 17.7 Å². The summed E-state index contributed by atoms with van der Waals surface area (Å²) in [5.41, 5.74) is 4.24. The number of carbonyl (C=O) groups excluding carboxylic acids is 1. The smallest absolute Gasteiger partial charge is 0.231 e. The quantitative estimate of drug-likeness (QED) is 0.776. The minimum atomic E-state index is -0.00456. The summed E-state index contributed by atoms with van der Waals surface area (Å²) in [4.78, 5) is 15.5. The Hall–Kier alpha value is -2.95. The second-order valence-corrected chi connectivity index (χ2v) is 6.00. The van der Waals surface area contributed by atoms with E-state index in [-0.39, 0.29) is 12.7 Å². The van der Waals surface area contributed by atoms with E-state index in [1.807, 2.05) is 30.5 Å². The zero-order chi connectivity index (χ0) is 16.5. The number of aromatic amines is 1. The van der Waals surface area contributed by atoms with Crippen molar-refractivity contribution < 1.29 is 14.3 Å². The molecule has 2 N–H and O–H groups in total. The first-order chi connectivity index (χ1) is 11.7. The van der Waals surface area contributed by atoms with Crippen LogP contribution in [0, 0.1) is 6.92 Å². The molecule has 2 aromatic carbocycles. The molecule has 0 atom stereocenters. The van der Waals surface area contributed by atoms with Crippen molar-refractivity contribution in [3.8, 4) is 11.5 Å². The highest BCUT2D eigenvalue weighted by Crippen LogP contribution is 2.32. The third kappa shape index (κ3) is 2.80. The summed E-state index contributed by atoms with van der Waals surface area (Å²) in [6.45, 7) is 2.78. The molecule has 0 radical (unpaired) electrons. The molecule has 5 nitrogen and oxygen atoms in total. The zero-order valence-corrected chi connectivity index (χ0v) is 13.4. The highest BCUT2D eigenvalue weighted by atomic mass is 16.7. The average Bonchev–Trinajstić information content (AvgIpc) is 3.19. The predicted molar refractivity (Wildman–Crippen MR) is 91.2 cm³/mol. The van der Waals surface area contributed by atoms with Crippen molar-refractivity contribution in [1.29, 1.82) is 0 Å². The van der Waals surface area contributed by atoms with E-state index in [4.69, 9.17) is 9.47 Å². The number of nitrogens with one attached hydrogen (secondary N) is 2. The Morgan fingerprint density at radius 1 is 1.17 bits per heavy atom. The van der Waals surface area contributed by atoms with Crippen LogP contribution in [-0.2, 0) is 17.8 Å². The van der Waals surface area contributed by atoms with Gasteiger partial charge in [-0.05, 0) is 42.3 Å². The average molecular weight is 322 g/mol. The van der Waals surface area contributed by atoms with Gasteiger partial charge in [0.1, 0.15) is 0 Å². The van der Waals surface area contributed by atoms with Crippen LogP contribution in [0.1, 0.15) is 16.7 Å². The van der Waals surface area contributed by atoms with Crippen molar-refractivity contribution in [1.82, 2.24) is 10.3 Å². The molecule has 4 rings (SSSR count). The van der Waals surface area contributed by atoms with Gasteiger partial charge in [0, 0.05) is 23.6 Å². The van der Waals surface area contributed by atoms with Crippen molar-refractivity contribution in [3.05, 3.63) is 59.3 Å². The van der Waals surface area contributed by atoms with Crippen LogP contribution in [0.3, 0.4) is 0 Å². The zero-order valence-electron chi connectivity index (χ0n) is 13.4. The molecule has 122 valence electrons. The highest BCUT2D eigenvalue weighted by Gasteiger charge is 2.14. The van der Waals surface area contributed by atoms with Crippen molar-refractivity contribution in [2.45, 2.75) is 19.9 Å². The van der Waals surface area contributed by atoms with Gasteiger partial charge in [-0.2, -0.15) is 0 Å². The Kier molecular flexibility index (Phi) is 3.61. The number of aromatic nitrogens is 1. The van der Waals surface area contributed by atoms with Gasteiger partial charge in [0.2, 0.25) is 12.7 Å². The molecule has 3 aromatic rings. The van der Waals surface area contributed by atoms with E-state index < -0.39 is 0 Å². The van der Waals surface area contributed by atoms with E-state index in [0.717, 1.165) is 33.5 Å². The molecule has 0 unspecified atom stereocenters. The number of fused-ring (bicyclic) bond motifs is 2. The first kappa shape index (κ1) is 14.6. The molecule has 1 amide bonds. The van der Waals surface area contributed by atoms with Gasteiger partial charge >= 0.3 is 0 Å². The molecule has 5 heteroatoms. The number of hydrogen-bond donors (Lipinski definition) is 2. The Bertz CT molecular complexity index is 914. The lowest BCUT2D eigenvalue weighted by Gasteiger charge is -2.06. The molecule has 24 heavy (non-hydrogen) atoms. The fraction of sp³-hybridized carbons (Fsp3) is 0.211. The minimum Gasteiger partial charge on any atom is -0.454 e. The number of aryl methyl sites for hydroxylation is 1. The standard InChI is InChI=1S/C19H18N2O3/c1-12-2-4-16-15(6-12)14(10-20-16)8-19(22)21-9-13-3-5-17-18(7-13)24-11-23-17/h2-7,10,20H,8-9,11H2,1H3,(H,21,22). The van der Waals surface area contributed by atoms with Crippen molar-refractivity contribution in [2.75, 3.05) is 6.79 Å². The van der Waals surface area contributed by atoms with E-state index in [2.05, 4.69) is 29.4 Å². The fourth-order valence-corrected chi connectivity index (χ4v) is 2.93. The third-order valence-corrected chi connectivity index (χ3v) is 4.20. The minimum absolute atomic E-state index is 0.00456. The number of H-pyrrole nitrogens is 1. The lowest BCUT2D eigenvalue weighted by molar-refractivity contribution is -0.120. The lowest BCUT2D eigenvalue weighted by Crippen LogP contribution is -2.24. The number of benzene rings is 2. The van der Waals surface area contributed by atoms with Crippen molar-refractivity contribution >= 4 is 16.8 Å². The third-order valence-electron chi connectivity index (χ3n) is 4.20. The topological polar surface area (TPSA) is 63.4 Å². The molecule has 0 spiro atoms. The van der Waals surface area contributed by atoms with Gasteiger partial charge in [0.05, 0.1) is 6.42 Å². The van der Waals surface area contributed by atoms with Gasteiger partial charge in [-0.25, -0.2) is 0 Å². The second kappa shape index (κ2) is 5.92. The number of carbonyl (C=O) groups is 1. The monoisotopic (exact) mass is 322 g/mol. The summed E-state index contributed by atoms with van der Waals surface area (Å²) < 4.78 is 10.6. The van der Waals surface area contributed by atoms with Crippen LogP contribution < -0.4 is 14.8 Å². The lowest BCUT2D eigenvalue weighted by atomic mass is 10.1. The molecule has 1 aromatic heterocycles. The largest absolute Gasteiger partial charge is 0.454 e. The molecule has 0 aliphatic carbocycles. The molecule has 1 aliphatic heterocycles. The van der Waals surface area contributed by atoms with E-state index in [1.54, 1.807) is 0 Å². The van der Waals surface area contributed by atoms with Gasteiger partial charge in [-0.15, -0.1) is 0 Å². The van der Waals surface area contributed by atoms with Crippen LogP contribution in [0.5, 0.6) is 11.5 Å². The van der Waals surface area contributed by atoms with E-state index in [9.17, 15) is 4.79 Å². The van der Waals surface area contributed by atoms with Gasteiger partial charge in [-0.1, -0.05) is 17.7 Å². The first-order valence-corrected chi connectivity index (χ1v) is 7.91. The number of ether oxygens (including phenoxy) is 2. The molecular weight excluding hydrogens is 304 g/mol. The highest BCUT2D eigenvalue weighted by molar-refractivity contribution is 5.89. The summed E-state index contributed by atoms with van der Waals surface area (Å²) in [5.74, 6) is 1.48. The summed E-state index contributed by atoms with van der Waals surface area (Å²) >= 11 is 0. The van der Waals surface area contributed by atoms with Crippen LogP contribution >= 0.6 is 0 Å². The number of amides is 1. The Balaban J connectivity index is 1.42. The molecule has 0 bridgehead atoms. The molecular formula is C19H18N2O3. The normalized spacial score (nSPS) is 12.5. The Morgan fingerprint density at radius 2 is 2.04 bits per heavy atom. The van der Waals surface area contributed by atoms with Crippen LogP contribution in [0.4, 0.5) is 0 Å².